The molecule has 0 amide bonds. The highest BCUT2D eigenvalue weighted by atomic mass is 16.3. The highest BCUT2D eigenvalue weighted by molar-refractivity contribution is 5.24. The molecule has 0 fully saturated rings. The van der Waals surface area contributed by atoms with Crippen LogP contribution in [0.25, 0.3) is 0 Å². The Morgan fingerprint density at radius 2 is 1.65 bits per heavy atom. The van der Waals surface area contributed by atoms with E-state index < -0.39 is 0 Å². The fourth-order valence-corrected chi connectivity index (χ4v) is 2.13. The number of hydrogen-bond donors (Lipinski definition) is 1. The molecule has 1 aromatic carbocycles. The van der Waals surface area contributed by atoms with Crippen molar-refractivity contribution < 1.29 is 5.11 Å². The molecule has 1 atom stereocenters. The smallest absolute Gasteiger partial charge is 0.0790 e. The van der Waals surface area contributed by atoms with Crippen LogP contribution in [0.3, 0.4) is 0 Å². The van der Waals surface area contributed by atoms with Gasteiger partial charge >= 0.3 is 0 Å². The molecule has 1 nitrogen and oxygen atoms in total. The van der Waals surface area contributed by atoms with Crippen molar-refractivity contribution in [2.45, 2.75) is 64.9 Å². The first kappa shape index (κ1) is 14.2. The summed E-state index contributed by atoms with van der Waals surface area (Å²) in [5.41, 5.74) is 2.44. The van der Waals surface area contributed by atoms with Crippen LogP contribution in [0.5, 0.6) is 0 Å². The highest BCUT2D eigenvalue weighted by Gasteiger charge is 2.06. The molecule has 17 heavy (non-hydrogen) atoms. The zero-order chi connectivity index (χ0) is 12.5. The lowest BCUT2D eigenvalue weighted by molar-refractivity contribution is 0.163. The summed E-state index contributed by atoms with van der Waals surface area (Å²) < 4.78 is 0. The molecule has 0 spiro atoms. The standard InChI is InChI=1S/C16H26O/c1-3-5-6-7-9-16(17)15-12-10-14(8-4-2)11-13-15/h10-13,16-17H,3-9H2,1-2H3. The Bertz CT molecular complexity index is 289. The van der Waals surface area contributed by atoms with Gasteiger partial charge in [0.05, 0.1) is 6.10 Å². The van der Waals surface area contributed by atoms with Gasteiger partial charge in [-0.25, -0.2) is 0 Å². The van der Waals surface area contributed by atoms with E-state index >= 15 is 0 Å². The summed E-state index contributed by atoms with van der Waals surface area (Å²) in [4.78, 5) is 0. The van der Waals surface area contributed by atoms with Crippen LogP contribution in [-0.2, 0) is 6.42 Å². The summed E-state index contributed by atoms with van der Waals surface area (Å²) in [6, 6.07) is 8.45. The fourth-order valence-electron chi connectivity index (χ4n) is 2.13. The van der Waals surface area contributed by atoms with Crippen LogP contribution >= 0.6 is 0 Å². The van der Waals surface area contributed by atoms with Crippen molar-refractivity contribution in [3.05, 3.63) is 35.4 Å². The van der Waals surface area contributed by atoms with Crippen molar-refractivity contribution >= 4 is 0 Å². The molecular weight excluding hydrogens is 208 g/mol. The molecule has 1 aromatic rings. The molecule has 96 valence electrons. The Morgan fingerprint density at radius 3 is 2.24 bits per heavy atom. The lowest BCUT2D eigenvalue weighted by Crippen LogP contribution is -1.97. The second-order valence-corrected chi connectivity index (χ2v) is 4.86. The van der Waals surface area contributed by atoms with Crippen molar-refractivity contribution in [1.29, 1.82) is 0 Å². The first-order valence-electron chi connectivity index (χ1n) is 7.04. The quantitative estimate of drug-likeness (QED) is 0.649. The van der Waals surface area contributed by atoms with E-state index in [0.29, 0.717) is 0 Å². The molecule has 0 aliphatic rings. The number of aliphatic hydroxyl groups excluding tert-OH is 1. The van der Waals surface area contributed by atoms with Crippen LogP contribution in [0.15, 0.2) is 24.3 Å². The predicted octanol–water partition coefficient (Wildman–Crippen LogP) is 4.64. The molecule has 1 heteroatoms. The van der Waals surface area contributed by atoms with E-state index in [0.717, 1.165) is 24.8 Å². The molecule has 1 N–H and O–H groups in total. The summed E-state index contributed by atoms with van der Waals surface area (Å²) in [6.45, 7) is 4.40. The lowest BCUT2D eigenvalue weighted by atomic mass is 10.0. The maximum atomic E-state index is 10.0. The molecule has 0 aliphatic carbocycles. The number of unbranched alkanes of at least 4 members (excludes halogenated alkanes) is 3. The number of benzene rings is 1. The minimum absolute atomic E-state index is 0.275. The third-order valence-electron chi connectivity index (χ3n) is 3.23. The Kier molecular flexibility index (Phi) is 6.95. The molecule has 0 bridgehead atoms. The Labute approximate surface area is 106 Å². The van der Waals surface area contributed by atoms with Gasteiger partial charge in [-0.15, -0.1) is 0 Å². The summed E-state index contributed by atoms with van der Waals surface area (Å²) in [5.74, 6) is 0. The average Bonchev–Trinajstić information content (AvgIpc) is 2.36. The second-order valence-electron chi connectivity index (χ2n) is 4.86. The molecule has 0 aliphatic heterocycles. The summed E-state index contributed by atoms with van der Waals surface area (Å²) in [7, 11) is 0. The van der Waals surface area contributed by atoms with Gasteiger partial charge in [0.15, 0.2) is 0 Å². The van der Waals surface area contributed by atoms with Gasteiger partial charge in [0.25, 0.3) is 0 Å². The maximum absolute atomic E-state index is 10.0. The molecule has 0 radical (unpaired) electrons. The maximum Gasteiger partial charge on any atom is 0.0790 e. The van der Waals surface area contributed by atoms with E-state index in [2.05, 4.69) is 38.1 Å². The third kappa shape index (κ3) is 5.36. The van der Waals surface area contributed by atoms with E-state index in [1.54, 1.807) is 0 Å². The molecular formula is C16H26O. The van der Waals surface area contributed by atoms with Crippen molar-refractivity contribution in [1.82, 2.24) is 0 Å². The summed E-state index contributed by atoms with van der Waals surface area (Å²) in [5, 5.41) is 10.0. The molecule has 0 saturated heterocycles. The SMILES string of the molecule is CCCCCCC(O)c1ccc(CCC)cc1. The monoisotopic (exact) mass is 234 g/mol. The molecule has 1 unspecified atom stereocenters. The topological polar surface area (TPSA) is 20.2 Å². The average molecular weight is 234 g/mol. The Morgan fingerprint density at radius 1 is 0.941 bits per heavy atom. The third-order valence-corrected chi connectivity index (χ3v) is 3.23. The first-order chi connectivity index (χ1) is 8.27. The van der Waals surface area contributed by atoms with Crippen molar-refractivity contribution in [2.75, 3.05) is 0 Å². The zero-order valence-corrected chi connectivity index (χ0v) is 11.3. The van der Waals surface area contributed by atoms with Crippen LogP contribution in [-0.4, -0.2) is 5.11 Å². The van der Waals surface area contributed by atoms with Crippen molar-refractivity contribution in [2.24, 2.45) is 0 Å². The van der Waals surface area contributed by atoms with E-state index in [1.165, 1.54) is 31.2 Å². The zero-order valence-electron chi connectivity index (χ0n) is 11.3. The van der Waals surface area contributed by atoms with Gasteiger partial charge in [-0.2, -0.15) is 0 Å². The first-order valence-corrected chi connectivity index (χ1v) is 7.04. The molecule has 0 aromatic heterocycles. The van der Waals surface area contributed by atoms with Gasteiger partial charge in [-0.3, -0.25) is 0 Å². The van der Waals surface area contributed by atoms with Crippen LogP contribution < -0.4 is 0 Å². The van der Waals surface area contributed by atoms with Gasteiger partial charge in [0.2, 0.25) is 0 Å². The van der Waals surface area contributed by atoms with E-state index in [4.69, 9.17) is 0 Å². The van der Waals surface area contributed by atoms with Gasteiger partial charge in [0, 0.05) is 0 Å². The van der Waals surface area contributed by atoms with Crippen LogP contribution in [0.4, 0.5) is 0 Å². The Balaban J connectivity index is 2.37. The normalized spacial score (nSPS) is 12.6. The Hall–Kier alpha value is -0.820. The van der Waals surface area contributed by atoms with Crippen molar-refractivity contribution in [3.63, 3.8) is 0 Å². The number of rotatable bonds is 8. The van der Waals surface area contributed by atoms with E-state index in [1.807, 2.05) is 0 Å². The van der Waals surface area contributed by atoms with E-state index in [-0.39, 0.29) is 6.10 Å². The predicted molar refractivity (Wildman–Crippen MR) is 74.2 cm³/mol. The summed E-state index contributed by atoms with van der Waals surface area (Å²) >= 11 is 0. The number of hydrogen-bond acceptors (Lipinski definition) is 1. The fraction of sp³-hybridized carbons (Fsp3) is 0.625. The van der Waals surface area contributed by atoms with Gasteiger partial charge in [0.1, 0.15) is 0 Å². The van der Waals surface area contributed by atoms with E-state index in [9.17, 15) is 5.11 Å². The molecule has 0 heterocycles. The number of aryl methyl sites for hydroxylation is 1. The largest absolute Gasteiger partial charge is 0.388 e. The van der Waals surface area contributed by atoms with Crippen LogP contribution in [0.1, 0.15) is 69.6 Å². The van der Waals surface area contributed by atoms with Crippen LogP contribution in [0.2, 0.25) is 0 Å². The highest BCUT2D eigenvalue weighted by Crippen LogP contribution is 2.20. The lowest BCUT2D eigenvalue weighted by Gasteiger charge is -2.11. The van der Waals surface area contributed by atoms with Gasteiger partial charge in [-0.05, 0) is 24.0 Å². The summed E-state index contributed by atoms with van der Waals surface area (Å²) in [6.07, 6.45) is 7.83. The number of aliphatic hydroxyl groups is 1. The molecule has 0 saturated carbocycles. The second kappa shape index (κ2) is 8.30. The van der Waals surface area contributed by atoms with Gasteiger partial charge < -0.3 is 5.11 Å². The van der Waals surface area contributed by atoms with Crippen molar-refractivity contribution in [3.8, 4) is 0 Å². The minimum atomic E-state index is -0.275. The minimum Gasteiger partial charge on any atom is -0.388 e. The van der Waals surface area contributed by atoms with Crippen LogP contribution in [0, 0.1) is 0 Å². The van der Waals surface area contributed by atoms with Gasteiger partial charge in [-0.1, -0.05) is 70.2 Å². The molecule has 1 rings (SSSR count).